The van der Waals surface area contributed by atoms with Gasteiger partial charge < -0.3 is 19.6 Å². The standard InChI is InChI=1S/C19H21N3O3/c1-12-4-6-14(7-5-12)17(23)13(2)20-19-22-21-18(25-19)15-8-10-16(24-3)11-9-15/h4-11,13,17,23H,1-3H3,(H,20,22). The molecule has 2 N–H and O–H groups in total. The van der Waals surface area contributed by atoms with Crippen LogP contribution in [0.25, 0.3) is 11.5 Å². The van der Waals surface area contributed by atoms with Crippen LogP contribution in [0, 0.1) is 6.92 Å². The summed E-state index contributed by atoms with van der Waals surface area (Å²) in [6, 6.07) is 15.1. The molecule has 0 amide bonds. The number of aryl methyl sites for hydroxylation is 1. The van der Waals surface area contributed by atoms with Gasteiger partial charge in [0.1, 0.15) is 5.75 Å². The maximum Gasteiger partial charge on any atom is 0.316 e. The van der Waals surface area contributed by atoms with E-state index >= 15 is 0 Å². The van der Waals surface area contributed by atoms with E-state index < -0.39 is 6.10 Å². The lowest BCUT2D eigenvalue weighted by Crippen LogP contribution is -2.24. The van der Waals surface area contributed by atoms with Crippen molar-refractivity contribution in [2.45, 2.75) is 26.0 Å². The Kier molecular flexibility index (Phi) is 5.00. The summed E-state index contributed by atoms with van der Waals surface area (Å²) >= 11 is 0. The third-order valence-electron chi connectivity index (χ3n) is 4.01. The topological polar surface area (TPSA) is 80.4 Å². The molecule has 0 aliphatic rings. The van der Waals surface area contributed by atoms with Crippen LogP contribution >= 0.6 is 0 Å². The van der Waals surface area contributed by atoms with Crippen LogP contribution < -0.4 is 10.1 Å². The molecule has 1 heterocycles. The van der Waals surface area contributed by atoms with Gasteiger partial charge in [0, 0.05) is 5.56 Å². The highest BCUT2D eigenvalue weighted by atomic mass is 16.5. The second-order valence-electron chi connectivity index (χ2n) is 5.93. The molecule has 0 aliphatic heterocycles. The molecule has 0 saturated heterocycles. The molecule has 130 valence electrons. The summed E-state index contributed by atoms with van der Waals surface area (Å²) < 4.78 is 10.8. The molecule has 2 unspecified atom stereocenters. The second-order valence-corrected chi connectivity index (χ2v) is 5.93. The molecule has 1 aromatic heterocycles. The van der Waals surface area contributed by atoms with E-state index in [-0.39, 0.29) is 12.1 Å². The van der Waals surface area contributed by atoms with Gasteiger partial charge >= 0.3 is 6.01 Å². The van der Waals surface area contributed by atoms with Crippen molar-refractivity contribution in [2.24, 2.45) is 0 Å². The molecule has 2 aromatic carbocycles. The first-order chi connectivity index (χ1) is 12.1. The number of methoxy groups -OCH3 is 1. The van der Waals surface area contributed by atoms with Gasteiger partial charge in [0.15, 0.2) is 0 Å². The van der Waals surface area contributed by atoms with Crippen LogP contribution in [0.5, 0.6) is 5.75 Å². The van der Waals surface area contributed by atoms with Gasteiger partial charge in [0.25, 0.3) is 0 Å². The summed E-state index contributed by atoms with van der Waals surface area (Å²) in [6.45, 7) is 3.87. The second kappa shape index (κ2) is 7.36. The number of anilines is 1. The Bertz CT molecular complexity index is 813. The molecule has 0 saturated carbocycles. The van der Waals surface area contributed by atoms with Gasteiger partial charge in [-0.1, -0.05) is 34.9 Å². The van der Waals surface area contributed by atoms with Gasteiger partial charge in [-0.05, 0) is 43.7 Å². The Morgan fingerprint density at radius 3 is 2.36 bits per heavy atom. The fourth-order valence-corrected chi connectivity index (χ4v) is 2.46. The van der Waals surface area contributed by atoms with Gasteiger partial charge in [0.2, 0.25) is 5.89 Å². The van der Waals surface area contributed by atoms with Crippen LogP contribution in [0.15, 0.2) is 52.9 Å². The average molecular weight is 339 g/mol. The van der Waals surface area contributed by atoms with Crippen molar-refractivity contribution in [1.82, 2.24) is 10.2 Å². The van der Waals surface area contributed by atoms with Crippen LogP contribution in [-0.4, -0.2) is 28.5 Å². The van der Waals surface area contributed by atoms with E-state index in [1.165, 1.54) is 0 Å². The Labute approximate surface area is 146 Å². The normalized spacial score (nSPS) is 13.3. The first-order valence-corrected chi connectivity index (χ1v) is 8.06. The van der Waals surface area contributed by atoms with E-state index in [1.54, 1.807) is 7.11 Å². The number of aromatic nitrogens is 2. The van der Waals surface area contributed by atoms with Gasteiger partial charge in [-0.15, -0.1) is 5.10 Å². The monoisotopic (exact) mass is 339 g/mol. The Hall–Kier alpha value is -2.86. The van der Waals surface area contributed by atoms with Crippen LogP contribution in [0.3, 0.4) is 0 Å². The lowest BCUT2D eigenvalue weighted by Gasteiger charge is -2.19. The van der Waals surface area contributed by atoms with Crippen molar-refractivity contribution in [1.29, 1.82) is 0 Å². The van der Waals surface area contributed by atoms with E-state index in [2.05, 4.69) is 15.5 Å². The van der Waals surface area contributed by atoms with Gasteiger partial charge in [-0.2, -0.15) is 0 Å². The fraction of sp³-hybridized carbons (Fsp3) is 0.263. The summed E-state index contributed by atoms with van der Waals surface area (Å²) in [5.41, 5.74) is 2.78. The van der Waals surface area contributed by atoms with Crippen molar-refractivity contribution >= 4 is 6.01 Å². The van der Waals surface area contributed by atoms with Gasteiger partial charge in [-0.25, -0.2) is 0 Å². The largest absolute Gasteiger partial charge is 0.497 e. The number of hydrogen-bond donors (Lipinski definition) is 2. The number of benzene rings is 2. The number of aliphatic hydroxyl groups is 1. The minimum Gasteiger partial charge on any atom is -0.497 e. The SMILES string of the molecule is COc1ccc(-c2nnc(NC(C)C(O)c3ccc(C)cc3)o2)cc1. The smallest absolute Gasteiger partial charge is 0.316 e. The molecule has 3 rings (SSSR count). The zero-order valence-electron chi connectivity index (χ0n) is 14.4. The van der Waals surface area contributed by atoms with Crippen LogP contribution in [0.2, 0.25) is 0 Å². The van der Waals surface area contributed by atoms with Gasteiger partial charge in [0.05, 0.1) is 19.3 Å². The maximum atomic E-state index is 10.5. The first kappa shape index (κ1) is 17.0. The number of rotatable bonds is 6. The number of nitrogens with zero attached hydrogens (tertiary/aromatic N) is 2. The van der Waals surface area contributed by atoms with Crippen LogP contribution in [-0.2, 0) is 0 Å². The molecule has 0 radical (unpaired) electrons. The molecule has 25 heavy (non-hydrogen) atoms. The lowest BCUT2D eigenvalue weighted by molar-refractivity contribution is 0.159. The van der Waals surface area contributed by atoms with Crippen molar-refractivity contribution in [2.75, 3.05) is 12.4 Å². The third-order valence-corrected chi connectivity index (χ3v) is 4.01. The van der Waals surface area contributed by atoms with Crippen molar-refractivity contribution < 1.29 is 14.3 Å². The summed E-state index contributed by atoms with van der Waals surface area (Å²) in [7, 11) is 1.62. The predicted molar refractivity (Wildman–Crippen MR) is 95.5 cm³/mol. The molecule has 2 atom stereocenters. The van der Waals surface area contributed by atoms with Gasteiger partial charge in [-0.3, -0.25) is 0 Å². The zero-order valence-corrected chi connectivity index (χ0v) is 14.4. The van der Waals surface area contributed by atoms with E-state index in [4.69, 9.17) is 9.15 Å². The molecule has 6 heteroatoms. The Morgan fingerprint density at radius 2 is 1.72 bits per heavy atom. The van der Waals surface area contributed by atoms with Crippen molar-refractivity contribution in [3.63, 3.8) is 0 Å². The minimum absolute atomic E-state index is 0.268. The fourth-order valence-electron chi connectivity index (χ4n) is 2.46. The number of nitrogens with one attached hydrogen (secondary N) is 1. The minimum atomic E-state index is -0.683. The molecule has 6 nitrogen and oxygen atoms in total. The lowest BCUT2D eigenvalue weighted by atomic mass is 10.0. The number of hydrogen-bond acceptors (Lipinski definition) is 6. The molecule has 0 spiro atoms. The maximum absolute atomic E-state index is 10.5. The molecular formula is C19H21N3O3. The van der Waals surface area contributed by atoms with Crippen molar-refractivity contribution in [3.8, 4) is 17.2 Å². The van der Waals surface area contributed by atoms with Crippen LogP contribution in [0.1, 0.15) is 24.2 Å². The molecule has 0 fully saturated rings. The summed E-state index contributed by atoms with van der Waals surface area (Å²) in [6.07, 6.45) is -0.683. The van der Waals surface area contributed by atoms with E-state index in [0.29, 0.717) is 5.89 Å². The third kappa shape index (κ3) is 3.97. The van der Waals surface area contributed by atoms with Crippen molar-refractivity contribution in [3.05, 3.63) is 59.7 Å². The Morgan fingerprint density at radius 1 is 1.04 bits per heavy atom. The first-order valence-electron chi connectivity index (χ1n) is 8.06. The molecule has 3 aromatic rings. The highest BCUT2D eigenvalue weighted by Crippen LogP contribution is 2.24. The summed E-state index contributed by atoms with van der Waals surface area (Å²) in [4.78, 5) is 0. The summed E-state index contributed by atoms with van der Waals surface area (Å²) in [5.74, 6) is 1.17. The highest BCUT2D eigenvalue weighted by Gasteiger charge is 2.19. The molecule has 0 aliphatic carbocycles. The number of aliphatic hydroxyl groups excluding tert-OH is 1. The average Bonchev–Trinajstić information content (AvgIpc) is 3.10. The Balaban J connectivity index is 1.68. The molecular weight excluding hydrogens is 318 g/mol. The van der Waals surface area contributed by atoms with Crippen LogP contribution in [0.4, 0.5) is 6.01 Å². The summed E-state index contributed by atoms with van der Waals surface area (Å²) in [5, 5.41) is 21.5. The van der Waals surface area contributed by atoms with E-state index in [0.717, 1.165) is 22.4 Å². The highest BCUT2D eigenvalue weighted by molar-refractivity contribution is 5.54. The van der Waals surface area contributed by atoms with E-state index in [1.807, 2.05) is 62.4 Å². The molecule has 0 bridgehead atoms. The zero-order chi connectivity index (χ0) is 17.8. The number of ether oxygens (including phenoxy) is 1. The predicted octanol–water partition coefficient (Wildman–Crippen LogP) is 3.59. The quantitative estimate of drug-likeness (QED) is 0.714. The van der Waals surface area contributed by atoms with E-state index in [9.17, 15) is 5.11 Å².